The predicted octanol–water partition coefficient (Wildman–Crippen LogP) is 2.60. The molecule has 88 valence electrons. The van der Waals surface area contributed by atoms with Crippen LogP contribution in [0.4, 0.5) is 0 Å². The maximum Gasteiger partial charge on any atom is 0.157 e. The zero-order valence-electron chi connectivity index (χ0n) is 9.84. The van der Waals surface area contributed by atoms with Crippen LogP contribution in [0.25, 0.3) is 0 Å². The molecule has 1 aliphatic carbocycles. The molecule has 1 aromatic carbocycles. The van der Waals surface area contributed by atoms with E-state index in [2.05, 4.69) is 0 Å². The average Bonchev–Trinajstić information content (AvgIpc) is 2.39. The van der Waals surface area contributed by atoms with Crippen molar-refractivity contribution < 1.29 is 9.90 Å². The Morgan fingerprint density at radius 1 is 1.29 bits per heavy atom. The van der Waals surface area contributed by atoms with Crippen LogP contribution in [0, 0.1) is 5.41 Å². The third-order valence-corrected chi connectivity index (χ3v) is 3.51. The molecule has 0 saturated carbocycles. The van der Waals surface area contributed by atoms with Crippen LogP contribution in [0.15, 0.2) is 54.6 Å². The Balaban J connectivity index is 2.48. The molecule has 2 nitrogen and oxygen atoms in total. The van der Waals surface area contributed by atoms with Gasteiger partial charge in [0.2, 0.25) is 0 Å². The third kappa shape index (κ3) is 1.85. The SMILES string of the molecule is CC1(C(O)(C=O)c2ccccc2)C=CC=CC1. The second-order valence-corrected chi connectivity index (χ2v) is 4.66. The van der Waals surface area contributed by atoms with Crippen LogP contribution in [-0.2, 0) is 10.4 Å². The molecule has 0 spiro atoms. The zero-order valence-corrected chi connectivity index (χ0v) is 9.84. The Morgan fingerprint density at radius 3 is 2.53 bits per heavy atom. The molecule has 0 fully saturated rings. The Kier molecular flexibility index (Phi) is 2.99. The van der Waals surface area contributed by atoms with E-state index in [1.165, 1.54) is 0 Å². The van der Waals surface area contributed by atoms with Gasteiger partial charge in [-0.25, -0.2) is 0 Å². The standard InChI is InChI=1S/C15H16O2/c1-14(10-6-3-7-11-14)15(17,12-16)13-8-4-2-5-9-13/h2-10,12,17H,11H2,1H3. The molecule has 0 aliphatic heterocycles. The summed E-state index contributed by atoms with van der Waals surface area (Å²) < 4.78 is 0. The molecule has 2 unspecified atom stereocenters. The van der Waals surface area contributed by atoms with Gasteiger partial charge in [-0.3, -0.25) is 4.79 Å². The number of benzene rings is 1. The Morgan fingerprint density at radius 2 is 2.00 bits per heavy atom. The fourth-order valence-corrected chi connectivity index (χ4v) is 2.23. The lowest BCUT2D eigenvalue weighted by molar-refractivity contribution is -0.136. The lowest BCUT2D eigenvalue weighted by atomic mass is 9.67. The lowest BCUT2D eigenvalue weighted by Gasteiger charge is -2.40. The first kappa shape index (κ1) is 11.8. The maximum absolute atomic E-state index is 11.4. The number of hydrogen-bond donors (Lipinski definition) is 1. The van der Waals surface area contributed by atoms with Gasteiger partial charge in [0.25, 0.3) is 0 Å². The van der Waals surface area contributed by atoms with Crippen LogP contribution in [0.3, 0.4) is 0 Å². The highest BCUT2D eigenvalue weighted by Crippen LogP contribution is 2.43. The summed E-state index contributed by atoms with van der Waals surface area (Å²) in [6.07, 6.45) is 8.96. The number of rotatable bonds is 3. The van der Waals surface area contributed by atoms with Gasteiger partial charge < -0.3 is 5.11 Å². The summed E-state index contributed by atoms with van der Waals surface area (Å²) in [4.78, 5) is 11.4. The van der Waals surface area contributed by atoms with E-state index in [0.717, 1.165) is 0 Å². The molecule has 17 heavy (non-hydrogen) atoms. The van der Waals surface area contributed by atoms with Crippen molar-refractivity contribution in [3.63, 3.8) is 0 Å². The van der Waals surface area contributed by atoms with Crippen molar-refractivity contribution in [3.05, 3.63) is 60.2 Å². The minimum absolute atomic E-state index is 0.592. The summed E-state index contributed by atoms with van der Waals surface area (Å²) in [5.74, 6) is 0. The van der Waals surface area contributed by atoms with Crippen molar-refractivity contribution in [2.75, 3.05) is 0 Å². The van der Waals surface area contributed by atoms with E-state index in [9.17, 15) is 9.90 Å². The van der Waals surface area contributed by atoms with Gasteiger partial charge >= 0.3 is 0 Å². The summed E-state index contributed by atoms with van der Waals surface area (Å²) in [5, 5.41) is 10.7. The highest BCUT2D eigenvalue weighted by molar-refractivity contribution is 5.68. The molecule has 0 amide bonds. The fraction of sp³-hybridized carbons (Fsp3) is 0.267. The topological polar surface area (TPSA) is 37.3 Å². The molecule has 1 aromatic rings. The summed E-state index contributed by atoms with van der Waals surface area (Å²) in [6.45, 7) is 1.90. The first-order valence-electron chi connectivity index (χ1n) is 5.71. The second kappa shape index (κ2) is 4.30. The third-order valence-electron chi connectivity index (χ3n) is 3.51. The van der Waals surface area contributed by atoms with Gasteiger partial charge in [0.15, 0.2) is 11.9 Å². The zero-order chi connectivity index (χ0) is 12.4. The maximum atomic E-state index is 11.4. The van der Waals surface area contributed by atoms with Crippen molar-refractivity contribution >= 4 is 6.29 Å². The van der Waals surface area contributed by atoms with Gasteiger partial charge in [0, 0.05) is 5.41 Å². The van der Waals surface area contributed by atoms with Crippen LogP contribution in [0.2, 0.25) is 0 Å². The Labute approximate surface area is 101 Å². The highest BCUT2D eigenvalue weighted by atomic mass is 16.3. The number of allylic oxidation sites excluding steroid dienone is 3. The van der Waals surface area contributed by atoms with Crippen LogP contribution in [0.1, 0.15) is 18.9 Å². The molecule has 2 heteroatoms. The molecule has 0 bridgehead atoms. The molecule has 2 rings (SSSR count). The minimum atomic E-state index is -1.48. The monoisotopic (exact) mass is 228 g/mol. The van der Waals surface area contributed by atoms with Gasteiger partial charge in [-0.1, -0.05) is 61.6 Å². The highest BCUT2D eigenvalue weighted by Gasteiger charge is 2.46. The molecule has 0 saturated heterocycles. The van der Waals surface area contributed by atoms with Crippen molar-refractivity contribution in [1.29, 1.82) is 0 Å². The predicted molar refractivity (Wildman–Crippen MR) is 67.4 cm³/mol. The number of hydrogen-bond acceptors (Lipinski definition) is 2. The first-order chi connectivity index (χ1) is 8.12. The molecule has 1 N–H and O–H groups in total. The van der Waals surface area contributed by atoms with Gasteiger partial charge in [0.1, 0.15) is 0 Å². The lowest BCUT2D eigenvalue weighted by Crippen LogP contribution is -2.44. The summed E-state index contributed by atoms with van der Waals surface area (Å²) in [6, 6.07) is 9.09. The van der Waals surface area contributed by atoms with Crippen LogP contribution in [-0.4, -0.2) is 11.4 Å². The molecule has 0 radical (unpaired) electrons. The first-order valence-corrected chi connectivity index (χ1v) is 5.71. The van der Waals surface area contributed by atoms with E-state index in [0.29, 0.717) is 18.3 Å². The van der Waals surface area contributed by atoms with E-state index < -0.39 is 11.0 Å². The van der Waals surface area contributed by atoms with Crippen LogP contribution >= 0.6 is 0 Å². The van der Waals surface area contributed by atoms with Gasteiger partial charge in [-0.15, -0.1) is 0 Å². The Hall–Kier alpha value is -1.67. The fourth-order valence-electron chi connectivity index (χ4n) is 2.23. The van der Waals surface area contributed by atoms with Crippen molar-refractivity contribution in [2.45, 2.75) is 18.9 Å². The molecular weight excluding hydrogens is 212 g/mol. The number of carbonyl (C=O) groups excluding carboxylic acids is 1. The van der Waals surface area contributed by atoms with E-state index in [4.69, 9.17) is 0 Å². The summed E-state index contributed by atoms with van der Waals surface area (Å²) in [5.41, 5.74) is -1.43. The van der Waals surface area contributed by atoms with E-state index in [-0.39, 0.29) is 0 Å². The molecule has 1 aliphatic rings. The number of aldehydes is 1. The quantitative estimate of drug-likeness (QED) is 0.807. The molecule has 2 atom stereocenters. The van der Waals surface area contributed by atoms with E-state index in [1.807, 2.05) is 49.4 Å². The van der Waals surface area contributed by atoms with E-state index in [1.54, 1.807) is 12.1 Å². The van der Waals surface area contributed by atoms with Gasteiger partial charge in [0.05, 0.1) is 0 Å². The molecule has 0 heterocycles. The van der Waals surface area contributed by atoms with Gasteiger partial charge in [-0.05, 0) is 12.0 Å². The van der Waals surface area contributed by atoms with Gasteiger partial charge in [-0.2, -0.15) is 0 Å². The van der Waals surface area contributed by atoms with Crippen LogP contribution < -0.4 is 0 Å². The van der Waals surface area contributed by atoms with Crippen LogP contribution in [0.5, 0.6) is 0 Å². The number of aliphatic hydroxyl groups is 1. The second-order valence-electron chi connectivity index (χ2n) is 4.66. The smallest absolute Gasteiger partial charge is 0.157 e. The number of carbonyl (C=O) groups is 1. The normalized spacial score (nSPS) is 26.5. The summed E-state index contributed by atoms with van der Waals surface area (Å²) >= 11 is 0. The molecular formula is C15H16O2. The van der Waals surface area contributed by atoms with Crippen molar-refractivity contribution in [3.8, 4) is 0 Å². The Bertz CT molecular complexity index is 461. The average molecular weight is 228 g/mol. The summed E-state index contributed by atoms with van der Waals surface area (Å²) in [7, 11) is 0. The van der Waals surface area contributed by atoms with Crippen molar-refractivity contribution in [1.82, 2.24) is 0 Å². The minimum Gasteiger partial charge on any atom is -0.377 e. The molecule has 0 aromatic heterocycles. The van der Waals surface area contributed by atoms with E-state index >= 15 is 0 Å². The van der Waals surface area contributed by atoms with Crippen molar-refractivity contribution in [2.24, 2.45) is 5.41 Å². The largest absolute Gasteiger partial charge is 0.377 e.